The van der Waals surface area contributed by atoms with Gasteiger partial charge in [0, 0.05) is 0 Å². The van der Waals surface area contributed by atoms with E-state index in [1.165, 1.54) is 0 Å². The standard InChI is InChI=1S/2Ba.3O. The molecule has 0 rings (SSSR count). The third-order valence-electron chi connectivity index (χ3n) is 0.167. The molecule has 0 aromatic rings. The normalized spacial score (nSPS) is 6.40. The minimum absolute atomic E-state index is 2.11. The fraction of sp³-hybridized carbons (Fsp3) is 0. The molecule has 6 radical (unpaired) electrons. The predicted octanol–water partition coefficient (Wildman–Crippen LogP) is -1.07. The summed E-state index contributed by atoms with van der Waals surface area (Å²) in [6, 6.07) is 0. The number of rotatable bonds is 2. The van der Waals surface area contributed by atoms with Gasteiger partial charge in [-0.15, -0.1) is 0 Å². The van der Waals surface area contributed by atoms with Gasteiger partial charge < -0.3 is 0 Å². The van der Waals surface area contributed by atoms with Gasteiger partial charge in [0.15, 0.2) is 0 Å². The SMILES string of the molecule is [O]=[Ba][O][Ba]=[O]. The molecule has 0 saturated carbocycles. The fourth-order valence-electron chi connectivity index (χ4n) is 0.0340. The molecular weight excluding hydrogens is 323 g/mol. The summed E-state index contributed by atoms with van der Waals surface area (Å²) in [5, 5.41) is 0. The van der Waals surface area contributed by atoms with Crippen molar-refractivity contribution in [2.45, 2.75) is 0 Å². The molecule has 0 aromatic heterocycles. The van der Waals surface area contributed by atoms with Crippen LogP contribution in [0.5, 0.6) is 0 Å². The van der Waals surface area contributed by atoms with Gasteiger partial charge in [-0.1, -0.05) is 0 Å². The van der Waals surface area contributed by atoms with E-state index in [2.05, 4.69) is -4.62 Å². The zero-order chi connectivity index (χ0) is 4.12. The maximum absolute atomic E-state index is 9.39. The first-order valence-electron chi connectivity index (χ1n) is 1.15. The van der Waals surface area contributed by atoms with Gasteiger partial charge in [-0.25, -0.2) is 0 Å². The molecule has 0 fully saturated rings. The average Bonchev–Trinajstić information content (AvgIpc) is 1.41. The van der Waals surface area contributed by atoms with Crippen molar-refractivity contribution in [3.05, 3.63) is 0 Å². The van der Waals surface area contributed by atoms with Crippen LogP contribution < -0.4 is 0 Å². The molecule has 0 aliphatic heterocycles. The summed E-state index contributed by atoms with van der Waals surface area (Å²) in [7, 11) is 0. The van der Waals surface area contributed by atoms with E-state index in [1.807, 2.05) is 0 Å². The van der Waals surface area contributed by atoms with Gasteiger partial charge in [0.25, 0.3) is 0 Å². The molecule has 0 N–H and O–H groups in total. The van der Waals surface area contributed by atoms with Crippen molar-refractivity contribution in [1.29, 1.82) is 0 Å². The van der Waals surface area contributed by atoms with Gasteiger partial charge in [-0.05, 0) is 0 Å². The Morgan fingerprint density at radius 1 is 1.20 bits per heavy atom. The van der Waals surface area contributed by atoms with Gasteiger partial charge in [-0.3, -0.25) is 0 Å². The second-order valence-electron chi connectivity index (χ2n) is 0.440. The van der Waals surface area contributed by atoms with E-state index in [1.54, 1.807) is 0 Å². The first kappa shape index (κ1) is 7.70. The Labute approximate surface area is 82.3 Å². The number of hydrogen-bond acceptors (Lipinski definition) is 3. The van der Waals surface area contributed by atoms with Crippen molar-refractivity contribution in [2.24, 2.45) is 0 Å². The Balaban J connectivity index is 2.65. The fourth-order valence-corrected chi connectivity index (χ4v) is 1.80. The van der Waals surface area contributed by atoms with Crippen LogP contribution in [0.15, 0.2) is 0 Å². The third kappa shape index (κ3) is 6.70. The predicted molar refractivity (Wildman–Crippen MR) is 14.0 cm³/mol. The first-order valence-corrected chi connectivity index (χ1v) is 8.41. The molecule has 0 aliphatic carbocycles. The van der Waals surface area contributed by atoms with Gasteiger partial charge in [-0.2, -0.15) is 0 Å². The van der Waals surface area contributed by atoms with E-state index in [-0.39, 0.29) is 0 Å². The Morgan fingerprint density at radius 3 is 1.60 bits per heavy atom. The van der Waals surface area contributed by atoms with E-state index >= 15 is 0 Å². The van der Waals surface area contributed by atoms with E-state index < -0.39 is 90.1 Å². The topological polar surface area (TPSA) is 43.4 Å². The maximum atomic E-state index is 9.39. The quantitative estimate of drug-likeness (QED) is 0.608. The van der Waals surface area contributed by atoms with Crippen LogP contribution in [-0.2, 0) is -4.54 Å². The van der Waals surface area contributed by atoms with Crippen LogP contribution in [0.25, 0.3) is 0 Å². The van der Waals surface area contributed by atoms with Crippen LogP contribution in [-0.4, -0.2) is 90.1 Å². The summed E-state index contributed by atoms with van der Waals surface area (Å²) in [4.78, 5) is 0. The van der Waals surface area contributed by atoms with E-state index in [9.17, 15) is 0.0797 Å². The average molecular weight is 323 g/mol. The van der Waals surface area contributed by atoms with E-state index in [0.29, 0.717) is 0 Å². The van der Waals surface area contributed by atoms with Gasteiger partial charge in [0.05, 0.1) is 0 Å². The molecule has 3 nitrogen and oxygen atoms in total. The molecule has 0 heterocycles. The second-order valence-corrected chi connectivity index (χ2v) is 12.5. The van der Waals surface area contributed by atoms with Crippen LogP contribution in [0.2, 0.25) is 0 Å². The van der Waals surface area contributed by atoms with Crippen LogP contribution >= 0.6 is 0 Å². The summed E-state index contributed by atoms with van der Waals surface area (Å²) in [6.07, 6.45) is 0. The van der Waals surface area contributed by atoms with E-state index in [0.717, 1.165) is 0 Å². The third-order valence-corrected chi connectivity index (χ3v) is 8.83. The molecular formula is Ba2O3. The van der Waals surface area contributed by atoms with Crippen molar-refractivity contribution >= 4 is 90.1 Å². The molecule has 0 spiro atoms. The summed E-state index contributed by atoms with van der Waals surface area (Å²) < 4.78 is 22.9. The summed E-state index contributed by atoms with van der Waals surface area (Å²) in [5.41, 5.74) is 0. The molecule has 5 heteroatoms. The molecule has 5 heavy (non-hydrogen) atoms. The first-order chi connectivity index (χ1) is 2.41. The van der Waals surface area contributed by atoms with Crippen LogP contribution in [0, 0.1) is 0 Å². The summed E-state index contributed by atoms with van der Waals surface area (Å²) in [6.45, 7) is 0. The van der Waals surface area contributed by atoms with Crippen molar-refractivity contribution in [3.63, 3.8) is 0 Å². The molecule has 0 atom stereocenters. The molecule has 0 saturated heterocycles. The molecule has 22 valence electrons. The summed E-state index contributed by atoms with van der Waals surface area (Å²) >= 11 is -4.22. The Hall–Kier alpha value is 2.70. The van der Waals surface area contributed by atoms with Crippen LogP contribution in [0.3, 0.4) is 0 Å². The Morgan fingerprint density at radius 2 is 1.60 bits per heavy atom. The van der Waals surface area contributed by atoms with E-state index in [4.69, 9.17) is 0 Å². The molecule has 0 aromatic carbocycles. The summed E-state index contributed by atoms with van der Waals surface area (Å²) in [5.74, 6) is 0. The molecule has 0 unspecified atom stereocenters. The Bertz CT molecular complexity index is 34.2. The van der Waals surface area contributed by atoms with Crippen molar-refractivity contribution in [2.75, 3.05) is 0 Å². The Kier molecular flexibility index (Phi) is 10.3. The van der Waals surface area contributed by atoms with Gasteiger partial charge in [0.2, 0.25) is 0 Å². The van der Waals surface area contributed by atoms with Gasteiger partial charge in [0.1, 0.15) is 0 Å². The van der Waals surface area contributed by atoms with Crippen LogP contribution in [0.4, 0.5) is 0 Å². The molecule has 0 amide bonds. The van der Waals surface area contributed by atoms with Crippen molar-refractivity contribution in [1.82, 2.24) is 0 Å². The monoisotopic (exact) mass is 324 g/mol. The molecule has 0 bridgehead atoms. The van der Waals surface area contributed by atoms with Gasteiger partial charge >= 0.3 is 85.5 Å². The number of hydrogen-bond donors (Lipinski definition) is 0. The minimum atomic E-state index is -2.11. The van der Waals surface area contributed by atoms with Crippen molar-refractivity contribution < 1.29 is -4.54 Å². The zero-order valence-corrected chi connectivity index (χ0v) is 11.5. The van der Waals surface area contributed by atoms with Crippen LogP contribution in [0.1, 0.15) is 0 Å². The van der Waals surface area contributed by atoms with Crippen molar-refractivity contribution in [3.8, 4) is 0 Å². The zero-order valence-electron chi connectivity index (χ0n) is 2.64. The molecule has 0 aliphatic rings. The second kappa shape index (κ2) is 6.70.